The van der Waals surface area contributed by atoms with E-state index in [1.54, 1.807) is 0 Å². The minimum Gasteiger partial charge on any atom is -0.354 e. The van der Waals surface area contributed by atoms with Crippen molar-refractivity contribution in [1.82, 2.24) is 19.4 Å². The molecule has 1 N–H and O–H groups in total. The number of nitrogens with zero attached hydrogens (tertiary/aromatic N) is 3. The Hall–Kier alpha value is -4.18. The third-order valence-electron chi connectivity index (χ3n) is 6.69. The van der Waals surface area contributed by atoms with E-state index in [0.717, 1.165) is 22.1 Å². The Balaban J connectivity index is 1.58. The third kappa shape index (κ3) is 2.26. The summed E-state index contributed by atoms with van der Waals surface area (Å²) >= 11 is 0. The van der Waals surface area contributed by atoms with Crippen LogP contribution in [0.15, 0.2) is 79.3 Å². The average Bonchev–Trinajstić information content (AvgIpc) is 3.44. The Labute approximate surface area is 184 Å². The highest BCUT2D eigenvalue weighted by Gasteiger charge is 2.15. The second kappa shape index (κ2) is 6.17. The molecule has 0 saturated carbocycles. The van der Waals surface area contributed by atoms with Crippen molar-refractivity contribution in [2.45, 2.75) is 13.8 Å². The van der Waals surface area contributed by atoms with Gasteiger partial charge in [-0.05, 0) is 84.0 Å². The van der Waals surface area contributed by atoms with Crippen LogP contribution < -0.4 is 0 Å². The van der Waals surface area contributed by atoms with E-state index in [2.05, 4.69) is 87.8 Å². The maximum absolute atomic E-state index is 4.66. The predicted octanol–water partition coefficient (Wildman–Crippen LogP) is 6.95. The smallest absolute Gasteiger partial charge is 0.146 e. The number of para-hydroxylation sites is 1. The Morgan fingerprint density at radius 1 is 0.625 bits per heavy atom. The van der Waals surface area contributed by atoms with Crippen molar-refractivity contribution in [2.24, 2.45) is 0 Å². The second-order valence-corrected chi connectivity index (χ2v) is 8.59. The molecule has 0 aliphatic heterocycles. The number of fused-ring (bicyclic) bond motifs is 9. The summed E-state index contributed by atoms with van der Waals surface area (Å²) < 4.78 is 2.08. The lowest BCUT2D eigenvalue weighted by molar-refractivity contribution is 1.20. The van der Waals surface area contributed by atoms with E-state index in [1.165, 1.54) is 49.4 Å². The lowest BCUT2D eigenvalue weighted by Gasteiger charge is -2.14. The zero-order chi connectivity index (χ0) is 21.4. The van der Waals surface area contributed by atoms with Gasteiger partial charge in [-0.15, -0.1) is 0 Å². The summed E-state index contributed by atoms with van der Waals surface area (Å²) in [4.78, 5) is 12.9. The van der Waals surface area contributed by atoms with Gasteiger partial charge in [0.1, 0.15) is 11.3 Å². The zero-order valence-corrected chi connectivity index (χ0v) is 17.8. The van der Waals surface area contributed by atoms with Gasteiger partial charge in [-0.2, -0.15) is 0 Å². The molecule has 4 heteroatoms. The van der Waals surface area contributed by atoms with Gasteiger partial charge in [-0.3, -0.25) is 4.40 Å². The maximum Gasteiger partial charge on any atom is 0.146 e. The van der Waals surface area contributed by atoms with Crippen LogP contribution in [0.3, 0.4) is 0 Å². The first-order valence-electron chi connectivity index (χ1n) is 10.8. The summed E-state index contributed by atoms with van der Waals surface area (Å²) in [6.07, 6.45) is 5.68. The fourth-order valence-corrected chi connectivity index (χ4v) is 5.18. The molecule has 0 radical (unpaired) electrons. The molecule has 0 atom stereocenters. The molecule has 0 bridgehead atoms. The van der Waals surface area contributed by atoms with Gasteiger partial charge in [0.05, 0.1) is 0 Å². The molecule has 3 aromatic carbocycles. The molecule has 32 heavy (non-hydrogen) atoms. The van der Waals surface area contributed by atoms with Crippen molar-refractivity contribution in [3.63, 3.8) is 0 Å². The standard InChI is InChI=1S/C28H20N4/c1-16-12-23-18-6-3-4-8-25(18)31-26(23)15-21(16)20-14-22-19-7-5-9-29-27(19)32-11-10-30-28(32)24(22)13-17(20)2/h3-15,31H,1-2H3. The number of rotatable bonds is 1. The number of pyridine rings is 2. The summed E-state index contributed by atoms with van der Waals surface area (Å²) in [5, 5.41) is 6.02. The van der Waals surface area contributed by atoms with Gasteiger partial charge in [-0.25, -0.2) is 9.97 Å². The highest BCUT2D eigenvalue weighted by atomic mass is 15.0. The van der Waals surface area contributed by atoms with Crippen molar-refractivity contribution in [3.05, 3.63) is 90.4 Å². The van der Waals surface area contributed by atoms with E-state index < -0.39 is 0 Å². The summed E-state index contributed by atoms with van der Waals surface area (Å²) in [5.41, 5.74) is 9.24. The zero-order valence-electron chi connectivity index (χ0n) is 17.8. The Kier molecular flexibility index (Phi) is 3.37. The molecule has 152 valence electrons. The van der Waals surface area contributed by atoms with Crippen LogP contribution in [0.1, 0.15) is 11.1 Å². The van der Waals surface area contributed by atoms with Gasteiger partial charge in [0, 0.05) is 51.2 Å². The molecular weight excluding hydrogens is 392 g/mol. The number of aromatic nitrogens is 4. The Morgan fingerprint density at radius 2 is 1.34 bits per heavy atom. The first-order chi connectivity index (χ1) is 15.7. The number of benzene rings is 3. The van der Waals surface area contributed by atoms with Crippen molar-refractivity contribution < 1.29 is 0 Å². The van der Waals surface area contributed by atoms with Gasteiger partial charge < -0.3 is 4.98 Å². The quantitative estimate of drug-likeness (QED) is 0.296. The fourth-order valence-electron chi connectivity index (χ4n) is 5.18. The predicted molar refractivity (Wildman–Crippen MR) is 132 cm³/mol. The van der Waals surface area contributed by atoms with Gasteiger partial charge in [0.25, 0.3) is 0 Å². The topological polar surface area (TPSA) is 46.0 Å². The minimum absolute atomic E-state index is 0.935. The lowest BCUT2D eigenvalue weighted by Crippen LogP contribution is -1.95. The summed E-state index contributed by atoms with van der Waals surface area (Å²) in [7, 11) is 0. The van der Waals surface area contributed by atoms with Crippen LogP contribution in [0, 0.1) is 13.8 Å². The van der Waals surface area contributed by atoms with Crippen LogP contribution in [-0.4, -0.2) is 19.4 Å². The first kappa shape index (κ1) is 17.5. The molecule has 7 aromatic rings. The number of nitrogens with one attached hydrogen (secondary N) is 1. The van der Waals surface area contributed by atoms with Crippen molar-refractivity contribution >= 4 is 49.3 Å². The van der Waals surface area contributed by atoms with Crippen molar-refractivity contribution in [3.8, 4) is 11.1 Å². The average molecular weight is 412 g/mol. The molecule has 0 spiro atoms. The molecule has 4 nitrogen and oxygen atoms in total. The highest BCUT2D eigenvalue weighted by molar-refractivity contribution is 6.13. The van der Waals surface area contributed by atoms with Crippen LogP contribution in [0.4, 0.5) is 0 Å². The largest absolute Gasteiger partial charge is 0.354 e. The molecule has 0 aliphatic carbocycles. The number of hydrogen-bond acceptors (Lipinski definition) is 2. The van der Waals surface area contributed by atoms with Crippen molar-refractivity contribution in [1.29, 1.82) is 0 Å². The monoisotopic (exact) mass is 412 g/mol. The number of imidazole rings is 1. The molecule has 4 aromatic heterocycles. The molecule has 4 heterocycles. The Morgan fingerprint density at radius 3 is 2.25 bits per heavy atom. The minimum atomic E-state index is 0.935. The number of H-pyrrole nitrogens is 1. The second-order valence-electron chi connectivity index (χ2n) is 8.59. The summed E-state index contributed by atoms with van der Waals surface area (Å²) in [5.74, 6) is 0. The van der Waals surface area contributed by atoms with Crippen LogP contribution >= 0.6 is 0 Å². The molecular formula is C28H20N4. The molecule has 0 amide bonds. The van der Waals surface area contributed by atoms with Gasteiger partial charge in [0.15, 0.2) is 0 Å². The van der Waals surface area contributed by atoms with Crippen molar-refractivity contribution in [2.75, 3.05) is 0 Å². The van der Waals surface area contributed by atoms with Crippen LogP contribution in [0.5, 0.6) is 0 Å². The lowest BCUT2D eigenvalue weighted by atomic mass is 9.92. The van der Waals surface area contributed by atoms with Gasteiger partial charge >= 0.3 is 0 Å². The fraction of sp³-hybridized carbons (Fsp3) is 0.0714. The highest BCUT2D eigenvalue weighted by Crippen LogP contribution is 2.37. The van der Waals surface area contributed by atoms with E-state index in [4.69, 9.17) is 0 Å². The molecule has 0 aliphatic rings. The van der Waals surface area contributed by atoms with E-state index in [0.29, 0.717) is 0 Å². The van der Waals surface area contributed by atoms with Crippen LogP contribution in [0.2, 0.25) is 0 Å². The molecule has 0 fully saturated rings. The van der Waals surface area contributed by atoms with Crippen LogP contribution in [-0.2, 0) is 0 Å². The van der Waals surface area contributed by atoms with E-state index in [-0.39, 0.29) is 0 Å². The van der Waals surface area contributed by atoms with Gasteiger partial charge in [0.2, 0.25) is 0 Å². The number of aromatic amines is 1. The first-order valence-corrected chi connectivity index (χ1v) is 10.8. The normalized spacial score (nSPS) is 12.1. The summed E-state index contributed by atoms with van der Waals surface area (Å²) in [6.45, 7) is 4.40. The Bertz CT molecular complexity index is 1850. The van der Waals surface area contributed by atoms with E-state index in [1.807, 2.05) is 24.7 Å². The molecule has 7 rings (SSSR count). The van der Waals surface area contributed by atoms with E-state index in [9.17, 15) is 0 Å². The summed E-state index contributed by atoms with van der Waals surface area (Å²) in [6, 6.07) is 21.9. The maximum atomic E-state index is 4.66. The SMILES string of the molecule is Cc1cc2c(cc1-c1cc3c4cccnc4n4ccnc4c3cc1C)[nH]c1ccccc12. The number of hydrogen-bond donors (Lipinski definition) is 1. The third-order valence-corrected chi connectivity index (χ3v) is 6.69. The van der Waals surface area contributed by atoms with E-state index >= 15 is 0 Å². The molecule has 0 saturated heterocycles. The molecule has 0 unspecified atom stereocenters. The van der Waals surface area contributed by atoms with Crippen LogP contribution in [0.25, 0.3) is 60.4 Å². The van der Waals surface area contributed by atoms with Gasteiger partial charge in [-0.1, -0.05) is 18.2 Å². The number of aryl methyl sites for hydroxylation is 2.